The van der Waals surface area contributed by atoms with Crippen LogP contribution in [0.2, 0.25) is 10.0 Å². The summed E-state index contributed by atoms with van der Waals surface area (Å²) in [6.45, 7) is 7.74. The van der Waals surface area contributed by atoms with Crippen LogP contribution in [0.3, 0.4) is 0 Å². The summed E-state index contributed by atoms with van der Waals surface area (Å²) in [6, 6.07) is 13.6. The highest BCUT2D eigenvalue weighted by atomic mass is 127. The molecule has 2 heterocycles. The first-order valence-electron chi connectivity index (χ1n) is 14.9. The minimum Gasteiger partial charge on any atom is -0.493 e. The molecular weight excluding hydrogens is 790 g/mol. The first kappa shape index (κ1) is 35.8. The maximum atomic E-state index is 14.2. The number of ether oxygens (including phenoxy) is 5. The molecule has 1 aromatic heterocycles. The number of nitrogens with zero attached hydrogens (tertiary/aromatic N) is 2. The van der Waals surface area contributed by atoms with Gasteiger partial charge in [0.1, 0.15) is 6.61 Å². The van der Waals surface area contributed by atoms with Gasteiger partial charge in [-0.15, -0.1) is 0 Å². The Morgan fingerprint density at radius 2 is 1.79 bits per heavy atom. The Bertz CT molecular complexity index is 2090. The molecule has 1 aliphatic heterocycles. The molecule has 0 spiro atoms. The average molecular weight is 824 g/mol. The van der Waals surface area contributed by atoms with E-state index in [9.17, 15) is 9.59 Å². The van der Waals surface area contributed by atoms with Crippen molar-refractivity contribution in [1.82, 2.24) is 4.57 Å². The molecule has 9 nitrogen and oxygen atoms in total. The zero-order chi connectivity index (χ0) is 34.7. The largest absolute Gasteiger partial charge is 0.493 e. The van der Waals surface area contributed by atoms with Crippen molar-refractivity contribution in [3.05, 3.63) is 110 Å². The molecule has 13 heteroatoms. The van der Waals surface area contributed by atoms with Crippen molar-refractivity contribution >= 4 is 69.2 Å². The fourth-order valence-electron chi connectivity index (χ4n) is 5.21. The van der Waals surface area contributed by atoms with E-state index in [1.807, 2.05) is 32.0 Å². The van der Waals surface area contributed by atoms with Crippen molar-refractivity contribution in [3.63, 3.8) is 0 Å². The number of esters is 1. The molecule has 0 amide bonds. The van der Waals surface area contributed by atoms with Gasteiger partial charge in [0, 0.05) is 0 Å². The Morgan fingerprint density at radius 3 is 2.46 bits per heavy atom. The summed E-state index contributed by atoms with van der Waals surface area (Å²) in [5, 5.41) is 0.911. The SMILES string of the molecule is CCOC(=O)C1=C(C)N=c2s/c(=C\c3cc(I)c(OCc4ccc(Cl)c(Cl)c4)c(OC)c3)c(=O)n2[C@H]1c1ccc(OC(C)C)c(OC)c1. The van der Waals surface area contributed by atoms with Gasteiger partial charge in [-0.3, -0.25) is 9.36 Å². The topological polar surface area (TPSA) is 97.6 Å². The van der Waals surface area contributed by atoms with E-state index in [0.29, 0.717) is 53.6 Å². The van der Waals surface area contributed by atoms with Crippen LogP contribution < -0.4 is 33.8 Å². The third-order valence-corrected chi connectivity index (χ3v) is 9.82. The van der Waals surface area contributed by atoms with Crippen LogP contribution in [0.1, 0.15) is 50.4 Å². The minimum atomic E-state index is -0.809. The summed E-state index contributed by atoms with van der Waals surface area (Å²) in [5.41, 5.74) is 2.64. The van der Waals surface area contributed by atoms with Crippen molar-refractivity contribution in [3.8, 4) is 23.0 Å². The van der Waals surface area contributed by atoms with Gasteiger partial charge in [-0.2, -0.15) is 0 Å². The van der Waals surface area contributed by atoms with E-state index in [2.05, 4.69) is 27.6 Å². The van der Waals surface area contributed by atoms with Gasteiger partial charge in [0.15, 0.2) is 27.8 Å². The number of methoxy groups -OCH3 is 2. The van der Waals surface area contributed by atoms with Crippen LogP contribution in [-0.2, 0) is 16.1 Å². The number of hydrogen-bond acceptors (Lipinski definition) is 9. The number of thiazole rings is 1. The number of carbonyl (C=O) groups excluding carboxylic acids is 1. The van der Waals surface area contributed by atoms with Crippen LogP contribution in [0.4, 0.5) is 0 Å². The van der Waals surface area contributed by atoms with Gasteiger partial charge in [-0.1, -0.05) is 46.7 Å². The van der Waals surface area contributed by atoms with Gasteiger partial charge in [-0.25, -0.2) is 9.79 Å². The van der Waals surface area contributed by atoms with Crippen LogP contribution in [0.25, 0.3) is 6.08 Å². The number of hydrogen-bond donors (Lipinski definition) is 0. The fraction of sp³-hybridized carbons (Fsp3) is 0.286. The van der Waals surface area contributed by atoms with Gasteiger partial charge in [-0.05, 0) is 109 Å². The molecular formula is C35H33Cl2IN2O7S. The highest BCUT2D eigenvalue weighted by molar-refractivity contribution is 14.1. The normalized spacial score (nSPS) is 14.5. The minimum absolute atomic E-state index is 0.0791. The van der Waals surface area contributed by atoms with E-state index < -0.39 is 12.0 Å². The van der Waals surface area contributed by atoms with Gasteiger partial charge >= 0.3 is 5.97 Å². The van der Waals surface area contributed by atoms with E-state index in [4.69, 9.17) is 46.9 Å². The third kappa shape index (κ3) is 7.54. The predicted octanol–water partition coefficient (Wildman–Crippen LogP) is 7.09. The smallest absolute Gasteiger partial charge is 0.338 e. The molecule has 0 radical (unpaired) electrons. The number of aromatic nitrogens is 1. The average Bonchev–Trinajstić information content (AvgIpc) is 3.34. The van der Waals surface area contributed by atoms with E-state index >= 15 is 0 Å². The first-order chi connectivity index (χ1) is 22.9. The van der Waals surface area contributed by atoms with Crippen molar-refractivity contribution in [2.75, 3.05) is 20.8 Å². The Kier molecular flexibility index (Phi) is 11.4. The summed E-state index contributed by atoms with van der Waals surface area (Å²) in [4.78, 5) is 32.7. The zero-order valence-corrected chi connectivity index (χ0v) is 31.5. The highest BCUT2D eigenvalue weighted by Gasteiger charge is 2.34. The van der Waals surface area contributed by atoms with Gasteiger partial charge < -0.3 is 23.7 Å². The molecule has 252 valence electrons. The molecule has 48 heavy (non-hydrogen) atoms. The molecule has 5 rings (SSSR count). The number of benzene rings is 3. The van der Waals surface area contributed by atoms with E-state index in [-0.39, 0.29) is 30.5 Å². The number of fused-ring (bicyclic) bond motifs is 1. The van der Waals surface area contributed by atoms with E-state index in [0.717, 1.165) is 14.7 Å². The molecule has 0 N–H and O–H groups in total. The second kappa shape index (κ2) is 15.4. The van der Waals surface area contributed by atoms with Crippen LogP contribution in [0.15, 0.2) is 69.6 Å². The summed E-state index contributed by atoms with van der Waals surface area (Å²) >= 11 is 15.6. The quantitative estimate of drug-likeness (QED) is 0.118. The molecule has 0 saturated heterocycles. The number of rotatable bonds is 11. The Morgan fingerprint density at radius 1 is 1.04 bits per heavy atom. The van der Waals surface area contributed by atoms with Gasteiger partial charge in [0.25, 0.3) is 5.56 Å². The van der Waals surface area contributed by atoms with Crippen LogP contribution in [0, 0.1) is 3.57 Å². The summed E-state index contributed by atoms with van der Waals surface area (Å²) in [7, 11) is 3.10. The van der Waals surface area contributed by atoms with Crippen molar-refractivity contribution in [2.24, 2.45) is 4.99 Å². The molecule has 1 atom stereocenters. The second-order valence-corrected chi connectivity index (χ2v) is 13.9. The van der Waals surface area contributed by atoms with Gasteiger partial charge in [0.05, 0.1) is 62.4 Å². The van der Waals surface area contributed by atoms with Crippen molar-refractivity contribution < 1.29 is 28.5 Å². The predicted molar refractivity (Wildman–Crippen MR) is 196 cm³/mol. The molecule has 0 fully saturated rings. The lowest BCUT2D eigenvalue weighted by Crippen LogP contribution is -2.40. The van der Waals surface area contributed by atoms with Crippen LogP contribution in [0.5, 0.6) is 23.0 Å². The molecule has 0 bridgehead atoms. The standard InChI is InChI=1S/C35H33Cl2IN2O7S/c1-7-45-34(42)30-19(4)39-35-40(31(30)22-9-11-26(47-18(2)3)27(16-22)43-5)33(41)29(48-35)15-21-13-25(38)32(28(14-21)44-6)46-17-20-8-10-23(36)24(37)12-20/h8-16,18,31H,7,17H2,1-6H3/b29-15-/t31-/m0/s1. The lowest BCUT2D eigenvalue weighted by molar-refractivity contribution is -0.139. The zero-order valence-electron chi connectivity index (χ0n) is 27.1. The third-order valence-electron chi connectivity index (χ3n) is 7.30. The maximum absolute atomic E-state index is 14.2. The Hall–Kier alpha value is -3.52. The molecule has 0 unspecified atom stereocenters. The van der Waals surface area contributed by atoms with E-state index in [1.54, 1.807) is 64.5 Å². The maximum Gasteiger partial charge on any atom is 0.338 e. The second-order valence-electron chi connectivity index (χ2n) is 11.0. The fourth-order valence-corrected chi connectivity index (χ4v) is 7.36. The molecule has 3 aromatic carbocycles. The lowest BCUT2D eigenvalue weighted by atomic mass is 9.95. The van der Waals surface area contributed by atoms with E-state index in [1.165, 1.54) is 15.9 Å². The Balaban J connectivity index is 1.58. The molecule has 0 aliphatic carbocycles. The lowest BCUT2D eigenvalue weighted by Gasteiger charge is -2.25. The van der Waals surface area contributed by atoms with Crippen LogP contribution >= 0.6 is 57.1 Å². The van der Waals surface area contributed by atoms with Crippen molar-refractivity contribution in [2.45, 2.75) is 46.4 Å². The first-order valence-corrected chi connectivity index (χ1v) is 17.6. The highest BCUT2D eigenvalue weighted by Crippen LogP contribution is 2.37. The number of carbonyl (C=O) groups is 1. The molecule has 1 aliphatic rings. The summed E-state index contributed by atoms with van der Waals surface area (Å²) in [5.74, 6) is 1.53. The Labute approximate surface area is 305 Å². The summed E-state index contributed by atoms with van der Waals surface area (Å²) in [6.07, 6.45) is 1.70. The monoisotopic (exact) mass is 822 g/mol. The summed E-state index contributed by atoms with van der Waals surface area (Å²) < 4.78 is 31.5. The van der Waals surface area contributed by atoms with Crippen molar-refractivity contribution in [1.29, 1.82) is 0 Å². The van der Waals surface area contributed by atoms with Crippen LogP contribution in [-0.4, -0.2) is 37.5 Å². The number of allylic oxidation sites excluding steroid dienone is 1. The molecule has 0 saturated carbocycles. The number of halogens is 3. The molecule has 4 aromatic rings. The van der Waals surface area contributed by atoms with Gasteiger partial charge in [0.2, 0.25) is 0 Å².